The van der Waals surface area contributed by atoms with Crippen LogP contribution in [0, 0.1) is 0 Å². The molecule has 4 nitrogen and oxygen atoms in total. The predicted octanol–water partition coefficient (Wildman–Crippen LogP) is 4.08. The number of methoxy groups -OCH3 is 1. The molecule has 0 N–H and O–H groups in total. The van der Waals surface area contributed by atoms with Crippen LogP contribution in [0.4, 0.5) is 0 Å². The van der Waals surface area contributed by atoms with Gasteiger partial charge in [0, 0.05) is 27.9 Å². The van der Waals surface area contributed by atoms with E-state index in [1.807, 2.05) is 6.92 Å². The second-order valence-electron chi connectivity index (χ2n) is 5.10. The average molecular weight is 354 g/mol. The zero-order valence-corrected chi connectivity index (χ0v) is 14.7. The van der Waals surface area contributed by atoms with Gasteiger partial charge in [-0.3, -0.25) is 4.79 Å². The summed E-state index contributed by atoms with van der Waals surface area (Å²) in [6.07, 6.45) is 2.33. The standard InChI is InChI=1S/C17H17Cl2NO3/c1-4-8-20-10(2)15(17(22)23-3)12(16(20)21)9-11-13(18)6-5-7-14(11)19/h5-7,9H,4,8H2,1-3H3/b12-9-. The molecular formula is C17H17Cl2NO3. The summed E-state index contributed by atoms with van der Waals surface area (Å²) in [5, 5.41) is 0.822. The van der Waals surface area contributed by atoms with Gasteiger partial charge in [0.2, 0.25) is 0 Å². The highest BCUT2D eigenvalue weighted by molar-refractivity contribution is 6.37. The quantitative estimate of drug-likeness (QED) is 0.605. The number of amides is 1. The van der Waals surface area contributed by atoms with Crippen LogP contribution in [-0.2, 0) is 14.3 Å². The fourth-order valence-corrected chi connectivity index (χ4v) is 3.02. The van der Waals surface area contributed by atoms with Gasteiger partial charge in [0.1, 0.15) is 0 Å². The van der Waals surface area contributed by atoms with Crippen molar-refractivity contribution in [3.8, 4) is 0 Å². The van der Waals surface area contributed by atoms with Crippen molar-refractivity contribution in [2.45, 2.75) is 20.3 Å². The maximum Gasteiger partial charge on any atom is 0.340 e. The molecule has 0 saturated heterocycles. The molecule has 0 aromatic heterocycles. The third-order valence-corrected chi connectivity index (χ3v) is 4.30. The van der Waals surface area contributed by atoms with Gasteiger partial charge in [0.25, 0.3) is 5.91 Å². The third-order valence-electron chi connectivity index (χ3n) is 3.64. The normalized spacial score (nSPS) is 16.5. The van der Waals surface area contributed by atoms with Crippen LogP contribution in [0.5, 0.6) is 0 Å². The molecule has 0 radical (unpaired) electrons. The first-order valence-corrected chi connectivity index (χ1v) is 7.95. The molecule has 2 rings (SSSR count). The van der Waals surface area contributed by atoms with E-state index in [0.717, 1.165) is 6.42 Å². The van der Waals surface area contributed by atoms with Crippen molar-refractivity contribution in [1.82, 2.24) is 4.90 Å². The highest BCUT2D eigenvalue weighted by atomic mass is 35.5. The second kappa shape index (κ2) is 7.20. The van der Waals surface area contributed by atoms with E-state index in [-0.39, 0.29) is 17.1 Å². The fraction of sp³-hybridized carbons (Fsp3) is 0.294. The molecule has 0 aliphatic carbocycles. The number of nitrogens with zero attached hydrogens (tertiary/aromatic N) is 1. The van der Waals surface area contributed by atoms with Crippen LogP contribution in [0.1, 0.15) is 25.8 Å². The number of carbonyl (C=O) groups excluding carboxylic acids is 2. The van der Waals surface area contributed by atoms with Gasteiger partial charge in [-0.2, -0.15) is 0 Å². The first-order chi connectivity index (χ1) is 10.9. The number of ether oxygens (including phenoxy) is 1. The number of allylic oxidation sites excluding steroid dienone is 1. The van der Waals surface area contributed by atoms with Gasteiger partial charge >= 0.3 is 5.97 Å². The zero-order chi connectivity index (χ0) is 17.1. The molecule has 0 unspecified atom stereocenters. The Morgan fingerprint density at radius 2 is 1.91 bits per heavy atom. The van der Waals surface area contributed by atoms with Crippen LogP contribution in [0.2, 0.25) is 10.0 Å². The number of rotatable bonds is 4. The predicted molar refractivity (Wildman–Crippen MR) is 91.2 cm³/mol. The molecule has 1 aliphatic heterocycles. The van der Waals surface area contributed by atoms with Crippen molar-refractivity contribution in [2.24, 2.45) is 0 Å². The molecular weight excluding hydrogens is 337 g/mol. The highest BCUT2D eigenvalue weighted by Crippen LogP contribution is 2.34. The Morgan fingerprint density at radius 3 is 2.43 bits per heavy atom. The minimum atomic E-state index is -0.552. The van der Waals surface area contributed by atoms with E-state index in [4.69, 9.17) is 27.9 Å². The minimum Gasteiger partial charge on any atom is -0.465 e. The smallest absolute Gasteiger partial charge is 0.340 e. The van der Waals surface area contributed by atoms with Gasteiger partial charge in [0.15, 0.2) is 0 Å². The van der Waals surface area contributed by atoms with E-state index >= 15 is 0 Å². The fourth-order valence-electron chi connectivity index (χ4n) is 2.51. The van der Waals surface area contributed by atoms with E-state index in [1.165, 1.54) is 7.11 Å². The molecule has 0 saturated carbocycles. The van der Waals surface area contributed by atoms with Crippen molar-refractivity contribution in [1.29, 1.82) is 0 Å². The molecule has 1 amide bonds. The molecule has 23 heavy (non-hydrogen) atoms. The Hall–Kier alpha value is -1.78. The Morgan fingerprint density at radius 1 is 1.30 bits per heavy atom. The Balaban J connectivity index is 2.61. The van der Waals surface area contributed by atoms with Crippen LogP contribution in [0.3, 0.4) is 0 Å². The van der Waals surface area contributed by atoms with Crippen LogP contribution in [0.15, 0.2) is 35.0 Å². The van der Waals surface area contributed by atoms with Gasteiger partial charge in [0.05, 0.1) is 18.3 Å². The monoisotopic (exact) mass is 353 g/mol. The van der Waals surface area contributed by atoms with Crippen molar-refractivity contribution < 1.29 is 14.3 Å². The van der Waals surface area contributed by atoms with Crippen molar-refractivity contribution in [2.75, 3.05) is 13.7 Å². The minimum absolute atomic E-state index is 0.248. The summed E-state index contributed by atoms with van der Waals surface area (Å²) in [6, 6.07) is 5.07. The summed E-state index contributed by atoms with van der Waals surface area (Å²) < 4.78 is 4.83. The number of hydrogen-bond acceptors (Lipinski definition) is 3. The highest BCUT2D eigenvalue weighted by Gasteiger charge is 2.36. The summed E-state index contributed by atoms with van der Waals surface area (Å²) in [4.78, 5) is 26.4. The summed E-state index contributed by atoms with van der Waals surface area (Å²) in [5.41, 5.74) is 1.59. The van der Waals surface area contributed by atoms with Crippen LogP contribution >= 0.6 is 23.2 Å². The molecule has 0 spiro atoms. The molecule has 122 valence electrons. The number of benzene rings is 1. The number of halogens is 2. The molecule has 1 aromatic rings. The van der Waals surface area contributed by atoms with E-state index in [9.17, 15) is 9.59 Å². The molecule has 0 fully saturated rings. The first kappa shape index (κ1) is 17.6. The van der Waals surface area contributed by atoms with Gasteiger partial charge < -0.3 is 9.64 Å². The van der Waals surface area contributed by atoms with E-state index in [2.05, 4.69) is 0 Å². The van der Waals surface area contributed by atoms with E-state index in [1.54, 1.807) is 36.1 Å². The van der Waals surface area contributed by atoms with Gasteiger partial charge in [-0.05, 0) is 31.6 Å². The Labute approximate surface area is 145 Å². The Bertz CT molecular complexity index is 702. The van der Waals surface area contributed by atoms with Crippen molar-refractivity contribution in [3.63, 3.8) is 0 Å². The topological polar surface area (TPSA) is 46.6 Å². The third kappa shape index (κ3) is 3.28. The van der Waals surface area contributed by atoms with Crippen LogP contribution in [-0.4, -0.2) is 30.4 Å². The summed E-state index contributed by atoms with van der Waals surface area (Å²) >= 11 is 12.3. The lowest BCUT2D eigenvalue weighted by Gasteiger charge is -2.16. The van der Waals surface area contributed by atoms with Gasteiger partial charge in [-0.1, -0.05) is 36.2 Å². The number of hydrogen-bond donors (Lipinski definition) is 0. The lowest BCUT2D eigenvalue weighted by molar-refractivity contribution is -0.136. The van der Waals surface area contributed by atoms with Crippen molar-refractivity contribution >= 4 is 41.2 Å². The van der Waals surface area contributed by atoms with Gasteiger partial charge in [-0.25, -0.2) is 4.79 Å². The second-order valence-corrected chi connectivity index (χ2v) is 5.92. The molecule has 1 aliphatic rings. The lowest BCUT2D eigenvalue weighted by Crippen LogP contribution is -2.25. The summed E-state index contributed by atoms with van der Waals surface area (Å²) in [6.45, 7) is 4.22. The number of esters is 1. The maximum absolute atomic E-state index is 12.7. The van der Waals surface area contributed by atoms with Crippen molar-refractivity contribution in [3.05, 3.63) is 50.7 Å². The lowest BCUT2D eigenvalue weighted by atomic mass is 10.0. The maximum atomic E-state index is 12.7. The largest absolute Gasteiger partial charge is 0.465 e. The number of carbonyl (C=O) groups is 2. The molecule has 0 bridgehead atoms. The van der Waals surface area contributed by atoms with Crippen LogP contribution < -0.4 is 0 Å². The molecule has 1 heterocycles. The zero-order valence-electron chi connectivity index (χ0n) is 13.2. The first-order valence-electron chi connectivity index (χ1n) is 7.19. The SMILES string of the molecule is CCCN1C(=O)/C(=C\c2c(Cl)cccc2Cl)C(C(=O)OC)=C1C. The Kier molecular flexibility index (Phi) is 5.50. The van der Waals surface area contributed by atoms with E-state index in [0.29, 0.717) is 27.9 Å². The molecule has 1 aromatic carbocycles. The summed E-state index contributed by atoms with van der Waals surface area (Å²) in [5.74, 6) is -0.801. The van der Waals surface area contributed by atoms with Gasteiger partial charge in [-0.15, -0.1) is 0 Å². The average Bonchev–Trinajstić information content (AvgIpc) is 2.75. The molecule has 0 atom stereocenters. The van der Waals surface area contributed by atoms with E-state index < -0.39 is 5.97 Å². The van der Waals surface area contributed by atoms with Crippen LogP contribution in [0.25, 0.3) is 6.08 Å². The summed E-state index contributed by atoms with van der Waals surface area (Å²) in [7, 11) is 1.29. The molecule has 6 heteroatoms.